The Morgan fingerprint density at radius 3 is 2.52 bits per heavy atom. The number of carbonyl (C=O) groups is 1. The molecule has 0 unspecified atom stereocenters. The Balaban J connectivity index is 1.98. The van der Waals surface area contributed by atoms with Gasteiger partial charge in [0.15, 0.2) is 5.17 Å². The molecule has 0 saturated carbocycles. The maximum atomic E-state index is 11.8. The molecule has 1 aromatic carbocycles. The first-order chi connectivity index (χ1) is 10.9. The van der Waals surface area contributed by atoms with Gasteiger partial charge < -0.3 is 5.32 Å². The third-order valence-corrected chi connectivity index (χ3v) is 3.99. The van der Waals surface area contributed by atoms with E-state index in [1.54, 1.807) is 11.8 Å². The minimum atomic E-state index is 0.0505. The largest absolute Gasteiger partial charge is 0.326 e. The lowest BCUT2D eigenvalue weighted by Crippen LogP contribution is -2.26. The van der Waals surface area contributed by atoms with Gasteiger partial charge in [0.2, 0.25) is 5.91 Å². The molecular weight excluding hydrogens is 308 g/mol. The molecule has 124 valence electrons. The van der Waals surface area contributed by atoms with Crippen molar-refractivity contribution < 1.29 is 4.79 Å². The lowest BCUT2D eigenvalue weighted by Gasteiger charge is -2.16. The van der Waals surface area contributed by atoms with Crippen molar-refractivity contribution in [3.63, 3.8) is 0 Å². The number of nitrogens with one attached hydrogen (secondary N) is 2. The molecule has 0 aliphatic carbocycles. The number of anilines is 1. The molecule has 0 radical (unpaired) electrons. The number of amides is 1. The Labute approximate surface area is 142 Å². The van der Waals surface area contributed by atoms with E-state index in [9.17, 15) is 4.79 Å². The van der Waals surface area contributed by atoms with Crippen LogP contribution in [-0.2, 0) is 4.79 Å². The Morgan fingerprint density at radius 1 is 1.30 bits per heavy atom. The van der Waals surface area contributed by atoms with E-state index in [2.05, 4.69) is 20.8 Å². The number of hydrogen-bond donors (Lipinski definition) is 2. The summed E-state index contributed by atoms with van der Waals surface area (Å²) in [5.74, 6) is 1.20. The van der Waals surface area contributed by atoms with Crippen molar-refractivity contribution >= 4 is 34.2 Å². The number of nitrogens with zero attached hydrogens (tertiary/aromatic N) is 2. The van der Waals surface area contributed by atoms with Gasteiger partial charge >= 0.3 is 0 Å². The van der Waals surface area contributed by atoms with Crippen LogP contribution in [0.4, 0.5) is 5.69 Å². The summed E-state index contributed by atoms with van der Waals surface area (Å²) in [6.07, 6.45) is 0.535. The average Bonchev–Trinajstić information content (AvgIpc) is 2.47. The normalized spacial score (nSPS) is 16.4. The second-order valence-corrected chi connectivity index (χ2v) is 7.17. The smallest absolute Gasteiger partial charge is 0.224 e. The van der Waals surface area contributed by atoms with Crippen LogP contribution in [0.15, 0.2) is 34.4 Å². The Morgan fingerprint density at radius 2 is 2.00 bits per heavy atom. The van der Waals surface area contributed by atoms with Crippen molar-refractivity contribution in [3.05, 3.63) is 29.8 Å². The van der Waals surface area contributed by atoms with E-state index in [-0.39, 0.29) is 11.9 Å². The highest BCUT2D eigenvalue weighted by Gasteiger charge is 2.13. The van der Waals surface area contributed by atoms with E-state index in [0.29, 0.717) is 12.3 Å². The van der Waals surface area contributed by atoms with Gasteiger partial charge in [-0.25, -0.2) is 0 Å². The van der Waals surface area contributed by atoms with E-state index < -0.39 is 0 Å². The number of aliphatic imine (C=N–C) groups is 1. The van der Waals surface area contributed by atoms with E-state index in [1.807, 2.05) is 52.0 Å². The summed E-state index contributed by atoms with van der Waals surface area (Å²) in [5.41, 5.74) is 5.85. The summed E-state index contributed by atoms with van der Waals surface area (Å²) in [6.45, 7) is 8.15. The number of rotatable bonds is 5. The van der Waals surface area contributed by atoms with Crippen LogP contribution in [0.1, 0.15) is 39.7 Å². The van der Waals surface area contributed by atoms with E-state index in [0.717, 1.165) is 27.9 Å². The summed E-state index contributed by atoms with van der Waals surface area (Å²) in [5, 5.41) is 8.17. The molecule has 1 aliphatic rings. The molecule has 1 heterocycles. The van der Waals surface area contributed by atoms with Crippen molar-refractivity contribution in [2.75, 3.05) is 11.1 Å². The second-order valence-electron chi connectivity index (χ2n) is 6.21. The predicted octanol–water partition coefficient (Wildman–Crippen LogP) is 3.48. The molecule has 0 saturated heterocycles. The first-order valence-electron chi connectivity index (χ1n) is 7.87. The van der Waals surface area contributed by atoms with Crippen LogP contribution >= 0.6 is 11.8 Å². The number of amidine groups is 1. The fourth-order valence-electron chi connectivity index (χ4n) is 2.09. The van der Waals surface area contributed by atoms with Gasteiger partial charge in [0, 0.05) is 23.9 Å². The van der Waals surface area contributed by atoms with Crippen molar-refractivity contribution in [1.29, 1.82) is 0 Å². The maximum Gasteiger partial charge on any atom is 0.224 e. The van der Waals surface area contributed by atoms with Crippen LogP contribution in [0.5, 0.6) is 0 Å². The summed E-state index contributed by atoms with van der Waals surface area (Å²) < 4.78 is 0. The molecule has 6 heteroatoms. The molecular formula is C17H24N4OS. The lowest BCUT2D eigenvalue weighted by atomic mass is 10.1. The molecule has 0 atom stereocenters. The zero-order valence-corrected chi connectivity index (χ0v) is 14.9. The third-order valence-electron chi connectivity index (χ3n) is 3.10. The highest BCUT2D eigenvalue weighted by Crippen LogP contribution is 2.17. The summed E-state index contributed by atoms with van der Waals surface area (Å²) in [7, 11) is 0. The van der Waals surface area contributed by atoms with Crippen LogP contribution in [-0.4, -0.2) is 28.6 Å². The minimum Gasteiger partial charge on any atom is -0.326 e. The van der Waals surface area contributed by atoms with Gasteiger partial charge in [-0.1, -0.05) is 37.7 Å². The molecule has 2 rings (SSSR count). The van der Waals surface area contributed by atoms with Crippen LogP contribution in [0.2, 0.25) is 0 Å². The van der Waals surface area contributed by atoms with Gasteiger partial charge in [0.25, 0.3) is 0 Å². The lowest BCUT2D eigenvalue weighted by molar-refractivity contribution is -0.116. The predicted molar refractivity (Wildman–Crippen MR) is 99.2 cm³/mol. The van der Waals surface area contributed by atoms with Crippen molar-refractivity contribution in [1.82, 2.24) is 5.43 Å². The fourth-order valence-corrected chi connectivity index (χ4v) is 2.99. The second kappa shape index (κ2) is 8.15. The van der Waals surface area contributed by atoms with Gasteiger partial charge in [-0.15, -0.1) is 0 Å². The zero-order valence-electron chi connectivity index (χ0n) is 14.1. The number of hydrogen-bond acceptors (Lipinski definition) is 4. The van der Waals surface area contributed by atoms with Gasteiger partial charge in [-0.05, 0) is 37.5 Å². The number of carbonyl (C=O) groups excluding carboxylic acids is 1. The van der Waals surface area contributed by atoms with Gasteiger partial charge in [-0.3, -0.25) is 15.2 Å². The maximum absolute atomic E-state index is 11.8. The molecule has 1 aromatic rings. The topological polar surface area (TPSA) is 65.8 Å². The third kappa shape index (κ3) is 5.71. The minimum absolute atomic E-state index is 0.0505. The zero-order chi connectivity index (χ0) is 16.8. The standard InChI is InChI=1S/C17H24N4OS/c1-11(2)9-16(22)19-14-7-5-13(6-8-14)15-10-23-17(21-20-15)18-12(3)4/h5-8,11-12H,9-10H2,1-4H3,(H,18,21)(H,19,22). The molecule has 23 heavy (non-hydrogen) atoms. The Kier molecular flexibility index (Phi) is 6.21. The fraction of sp³-hybridized carbons (Fsp3) is 0.471. The molecule has 0 bridgehead atoms. The first kappa shape index (κ1) is 17.5. The Bertz CT molecular complexity index is 606. The molecule has 2 N–H and O–H groups in total. The molecule has 1 amide bonds. The number of hydrazone groups is 1. The van der Waals surface area contributed by atoms with E-state index in [4.69, 9.17) is 0 Å². The molecule has 0 fully saturated rings. The van der Waals surface area contributed by atoms with Gasteiger partial charge in [0.1, 0.15) is 0 Å². The van der Waals surface area contributed by atoms with E-state index >= 15 is 0 Å². The molecule has 1 aliphatic heterocycles. The van der Waals surface area contributed by atoms with Crippen molar-refractivity contribution in [3.8, 4) is 0 Å². The van der Waals surface area contributed by atoms with Crippen LogP contribution in [0.25, 0.3) is 0 Å². The number of thioether (sulfide) groups is 1. The van der Waals surface area contributed by atoms with Crippen molar-refractivity contribution in [2.45, 2.75) is 40.2 Å². The highest BCUT2D eigenvalue weighted by molar-refractivity contribution is 8.14. The average molecular weight is 332 g/mol. The summed E-state index contributed by atoms with van der Waals surface area (Å²) in [4.78, 5) is 16.2. The van der Waals surface area contributed by atoms with Crippen LogP contribution < -0.4 is 10.7 Å². The van der Waals surface area contributed by atoms with Gasteiger partial charge in [0.05, 0.1) is 5.71 Å². The Hall–Kier alpha value is -1.82. The SMILES string of the molecule is CC(C)CC(=O)Nc1ccc(C2=NNC(=NC(C)C)SC2)cc1. The van der Waals surface area contributed by atoms with Crippen LogP contribution in [0, 0.1) is 5.92 Å². The monoisotopic (exact) mass is 332 g/mol. The first-order valence-corrected chi connectivity index (χ1v) is 8.86. The quantitative estimate of drug-likeness (QED) is 0.867. The molecule has 0 aromatic heterocycles. The van der Waals surface area contributed by atoms with E-state index in [1.165, 1.54) is 0 Å². The van der Waals surface area contributed by atoms with Gasteiger partial charge in [-0.2, -0.15) is 5.10 Å². The summed E-state index contributed by atoms with van der Waals surface area (Å²) in [6, 6.07) is 8.06. The van der Waals surface area contributed by atoms with Crippen LogP contribution in [0.3, 0.4) is 0 Å². The molecule has 0 spiro atoms. The molecule has 5 nitrogen and oxygen atoms in total. The highest BCUT2D eigenvalue weighted by atomic mass is 32.2. The van der Waals surface area contributed by atoms with Crippen molar-refractivity contribution in [2.24, 2.45) is 16.0 Å². The summed E-state index contributed by atoms with van der Waals surface area (Å²) >= 11 is 1.65. The number of benzene rings is 1.